The lowest BCUT2D eigenvalue weighted by Crippen LogP contribution is -2.52. The van der Waals surface area contributed by atoms with Crippen molar-refractivity contribution in [3.05, 3.63) is 0 Å². The van der Waals surface area contributed by atoms with E-state index < -0.39 is 0 Å². The molecule has 1 fully saturated rings. The lowest BCUT2D eigenvalue weighted by molar-refractivity contribution is -0.132. The van der Waals surface area contributed by atoms with Crippen LogP contribution < -0.4 is 5.32 Å². The number of hydrogen-bond acceptors (Lipinski definition) is 3. The normalized spacial score (nSPS) is 26.9. The summed E-state index contributed by atoms with van der Waals surface area (Å²) in [6.45, 7) is 11.9. The van der Waals surface area contributed by atoms with Gasteiger partial charge in [-0.25, -0.2) is 0 Å². The Hall–Kier alpha value is -0.220. The van der Waals surface area contributed by atoms with E-state index in [1.165, 1.54) is 0 Å². The summed E-state index contributed by atoms with van der Waals surface area (Å²) in [4.78, 5) is 14.1. The van der Waals surface area contributed by atoms with Crippen LogP contribution in [-0.4, -0.2) is 46.5 Å². The standard InChI is InChI=1S/C12H24N2OS/c1-9-10(2)16-7-6-14(9)11(15)8-13-12(3,4)5/h9-10,13H,6-8H2,1-5H3. The zero-order valence-electron chi connectivity index (χ0n) is 11.0. The number of hydrogen-bond donors (Lipinski definition) is 1. The molecule has 0 aromatic heterocycles. The highest BCUT2D eigenvalue weighted by atomic mass is 32.2. The number of amides is 1. The molecule has 16 heavy (non-hydrogen) atoms. The van der Waals surface area contributed by atoms with Gasteiger partial charge in [-0.15, -0.1) is 0 Å². The van der Waals surface area contributed by atoms with Gasteiger partial charge in [0.1, 0.15) is 0 Å². The topological polar surface area (TPSA) is 32.3 Å². The molecule has 1 N–H and O–H groups in total. The lowest BCUT2D eigenvalue weighted by Gasteiger charge is -2.38. The summed E-state index contributed by atoms with van der Waals surface area (Å²) < 4.78 is 0. The molecular formula is C12H24N2OS. The molecule has 3 nitrogen and oxygen atoms in total. The minimum absolute atomic E-state index is 0.00898. The molecule has 0 spiro atoms. The Labute approximate surface area is 103 Å². The molecule has 1 rings (SSSR count). The van der Waals surface area contributed by atoms with E-state index >= 15 is 0 Å². The highest BCUT2D eigenvalue weighted by Crippen LogP contribution is 2.24. The van der Waals surface area contributed by atoms with Gasteiger partial charge in [-0.05, 0) is 27.7 Å². The summed E-state index contributed by atoms with van der Waals surface area (Å²) in [5.41, 5.74) is 0.00898. The fourth-order valence-corrected chi connectivity index (χ4v) is 2.83. The lowest BCUT2D eigenvalue weighted by atomic mass is 10.1. The number of rotatable bonds is 2. The minimum Gasteiger partial charge on any atom is -0.337 e. The van der Waals surface area contributed by atoms with E-state index in [4.69, 9.17) is 0 Å². The van der Waals surface area contributed by atoms with Crippen LogP contribution in [0.2, 0.25) is 0 Å². The van der Waals surface area contributed by atoms with Crippen molar-refractivity contribution in [3.8, 4) is 0 Å². The van der Waals surface area contributed by atoms with Gasteiger partial charge in [-0.2, -0.15) is 11.8 Å². The predicted octanol–water partition coefficient (Wildman–Crippen LogP) is 1.73. The molecule has 1 saturated heterocycles. The van der Waals surface area contributed by atoms with Gasteiger partial charge < -0.3 is 10.2 Å². The SMILES string of the molecule is CC1SCCN(C(=O)CNC(C)(C)C)C1C. The zero-order chi connectivity index (χ0) is 12.3. The number of nitrogens with one attached hydrogen (secondary N) is 1. The molecule has 1 aliphatic heterocycles. The van der Waals surface area contributed by atoms with Crippen LogP contribution in [0, 0.1) is 0 Å². The summed E-state index contributed by atoms with van der Waals surface area (Å²) in [7, 11) is 0. The Morgan fingerprint density at radius 1 is 1.44 bits per heavy atom. The molecule has 0 aliphatic carbocycles. The van der Waals surface area contributed by atoms with E-state index in [1.54, 1.807) is 0 Å². The van der Waals surface area contributed by atoms with Crippen LogP contribution in [-0.2, 0) is 4.79 Å². The number of carbonyl (C=O) groups excluding carboxylic acids is 1. The summed E-state index contributed by atoms with van der Waals surface area (Å²) in [5, 5.41) is 3.80. The summed E-state index contributed by atoms with van der Waals surface area (Å²) >= 11 is 1.96. The molecule has 1 heterocycles. The maximum atomic E-state index is 12.1. The van der Waals surface area contributed by atoms with Crippen molar-refractivity contribution in [2.75, 3.05) is 18.8 Å². The highest BCUT2D eigenvalue weighted by molar-refractivity contribution is 8.00. The van der Waals surface area contributed by atoms with E-state index in [9.17, 15) is 4.79 Å². The van der Waals surface area contributed by atoms with Gasteiger partial charge in [0.05, 0.1) is 6.54 Å². The second kappa shape index (κ2) is 5.41. The Kier molecular flexibility index (Phi) is 4.68. The van der Waals surface area contributed by atoms with Crippen molar-refractivity contribution in [2.45, 2.75) is 51.4 Å². The van der Waals surface area contributed by atoms with Crippen molar-refractivity contribution in [1.82, 2.24) is 10.2 Å². The van der Waals surface area contributed by atoms with Crippen LogP contribution >= 0.6 is 11.8 Å². The van der Waals surface area contributed by atoms with Crippen molar-refractivity contribution >= 4 is 17.7 Å². The quantitative estimate of drug-likeness (QED) is 0.803. The maximum absolute atomic E-state index is 12.1. The van der Waals surface area contributed by atoms with E-state index in [2.05, 4.69) is 39.9 Å². The third-order valence-electron chi connectivity index (χ3n) is 2.97. The fraction of sp³-hybridized carbons (Fsp3) is 0.917. The first-order chi connectivity index (χ1) is 7.31. The molecule has 2 atom stereocenters. The number of thioether (sulfide) groups is 1. The van der Waals surface area contributed by atoms with Crippen molar-refractivity contribution in [3.63, 3.8) is 0 Å². The largest absolute Gasteiger partial charge is 0.337 e. The van der Waals surface area contributed by atoms with E-state index in [-0.39, 0.29) is 11.4 Å². The first kappa shape index (κ1) is 13.8. The van der Waals surface area contributed by atoms with Crippen LogP contribution in [0.1, 0.15) is 34.6 Å². The average molecular weight is 244 g/mol. The van der Waals surface area contributed by atoms with Crippen molar-refractivity contribution in [2.24, 2.45) is 0 Å². The summed E-state index contributed by atoms with van der Waals surface area (Å²) in [5.74, 6) is 1.29. The zero-order valence-corrected chi connectivity index (χ0v) is 11.9. The molecule has 1 aliphatic rings. The molecule has 1 amide bonds. The Morgan fingerprint density at radius 3 is 2.62 bits per heavy atom. The van der Waals surface area contributed by atoms with E-state index in [0.717, 1.165) is 12.3 Å². The second-order valence-corrected chi connectivity index (χ2v) is 6.99. The molecular weight excluding hydrogens is 220 g/mol. The molecule has 2 unspecified atom stereocenters. The first-order valence-electron chi connectivity index (χ1n) is 5.97. The van der Waals surface area contributed by atoms with Gasteiger partial charge in [0, 0.05) is 29.1 Å². The molecule has 4 heteroatoms. The number of carbonyl (C=O) groups is 1. The summed E-state index contributed by atoms with van der Waals surface area (Å²) in [6, 6.07) is 0.355. The monoisotopic (exact) mass is 244 g/mol. The predicted molar refractivity (Wildman–Crippen MR) is 70.9 cm³/mol. The van der Waals surface area contributed by atoms with Gasteiger partial charge in [0.2, 0.25) is 5.91 Å². The molecule has 0 aromatic carbocycles. The van der Waals surface area contributed by atoms with Crippen molar-refractivity contribution in [1.29, 1.82) is 0 Å². The Morgan fingerprint density at radius 2 is 2.06 bits per heavy atom. The smallest absolute Gasteiger partial charge is 0.236 e. The van der Waals surface area contributed by atoms with Crippen LogP contribution in [0.15, 0.2) is 0 Å². The molecule has 94 valence electrons. The average Bonchev–Trinajstić information content (AvgIpc) is 2.17. The Balaban J connectivity index is 2.47. The highest BCUT2D eigenvalue weighted by Gasteiger charge is 2.28. The fourth-order valence-electron chi connectivity index (χ4n) is 1.73. The van der Waals surface area contributed by atoms with E-state index in [1.807, 2.05) is 16.7 Å². The third-order valence-corrected chi connectivity index (χ3v) is 4.31. The maximum Gasteiger partial charge on any atom is 0.236 e. The van der Waals surface area contributed by atoms with Crippen LogP contribution in [0.4, 0.5) is 0 Å². The number of nitrogens with zero attached hydrogens (tertiary/aromatic N) is 1. The van der Waals surface area contributed by atoms with Gasteiger partial charge in [-0.1, -0.05) is 6.92 Å². The Bertz CT molecular complexity index is 250. The molecule has 0 bridgehead atoms. The van der Waals surface area contributed by atoms with Crippen LogP contribution in [0.3, 0.4) is 0 Å². The van der Waals surface area contributed by atoms with E-state index in [0.29, 0.717) is 17.8 Å². The second-order valence-electron chi connectivity index (χ2n) is 5.51. The van der Waals surface area contributed by atoms with Crippen LogP contribution in [0.5, 0.6) is 0 Å². The molecule has 0 aromatic rings. The van der Waals surface area contributed by atoms with Crippen molar-refractivity contribution < 1.29 is 4.79 Å². The first-order valence-corrected chi connectivity index (χ1v) is 7.02. The molecule has 0 radical (unpaired) electrons. The van der Waals surface area contributed by atoms with Gasteiger partial charge in [0.25, 0.3) is 0 Å². The van der Waals surface area contributed by atoms with Gasteiger partial charge in [0.15, 0.2) is 0 Å². The minimum atomic E-state index is 0.00898. The third kappa shape index (κ3) is 3.98. The summed E-state index contributed by atoms with van der Waals surface area (Å²) in [6.07, 6.45) is 0. The van der Waals surface area contributed by atoms with Gasteiger partial charge in [-0.3, -0.25) is 4.79 Å². The molecule has 0 saturated carbocycles. The van der Waals surface area contributed by atoms with Gasteiger partial charge >= 0.3 is 0 Å². The van der Waals surface area contributed by atoms with Crippen LogP contribution in [0.25, 0.3) is 0 Å².